The summed E-state index contributed by atoms with van der Waals surface area (Å²) in [5, 5.41) is 2.97. The summed E-state index contributed by atoms with van der Waals surface area (Å²) in [6.07, 6.45) is 0.702. The van der Waals surface area contributed by atoms with E-state index in [4.69, 9.17) is 4.74 Å². The van der Waals surface area contributed by atoms with Crippen molar-refractivity contribution >= 4 is 11.6 Å². The van der Waals surface area contributed by atoms with Gasteiger partial charge < -0.3 is 10.1 Å². The van der Waals surface area contributed by atoms with E-state index < -0.39 is 0 Å². The highest BCUT2D eigenvalue weighted by Crippen LogP contribution is 2.24. The molecule has 3 N–H and O–H groups in total. The molecule has 4 rings (SSSR count). The van der Waals surface area contributed by atoms with Crippen molar-refractivity contribution in [2.75, 3.05) is 5.32 Å². The number of carbonyl (C=O) groups is 1. The standard InChI is InChI=1S/C24H25N3O2/c1-17-7-9-19(10-8-17)22-15-23(27-26-22)24(28)25-20-11-13-21(14-12-20)29-16-18-5-3-2-4-6-18/h2-14,22-23,26-27H,15-16H2,1H3,(H,25,28). The summed E-state index contributed by atoms with van der Waals surface area (Å²) in [7, 11) is 0. The van der Waals surface area contributed by atoms with Crippen LogP contribution in [0.3, 0.4) is 0 Å². The Bertz CT molecular complexity index is 940. The lowest BCUT2D eigenvalue weighted by Gasteiger charge is -2.12. The molecule has 1 saturated heterocycles. The van der Waals surface area contributed by atoms with Crippen molar-refractivity contribution < 1.29 is 9.53 Å². The molecular weight excluding hydrogens is 362 g/mol. The third kappa shape index (κ3) is 5.02. The Balaban J connectivity index is 1.29. The first-order chi connectivity index (χ1) is 14.2. The highest BCUT2D eigenvalue weighted by atomic mass is 16.5. The van der Waals surface area contributed by atoms with Gasteiger partial charge in [0.2, 0.25) is 5.91 Å². The molecule has 148 valence electrons. The average Bonchev–Trinajstić information content (AvgIpc) is 3.25. The molecule has 3 aromatic rings. The Morgan fingerprint density at radius 1 is 0.966 bits per heavy atom. The van der Waals surface area contributed by atoms with Crippen LogP contribution in [0.25, 0.3) is 0 Å². The normalized spacial score (nSPS) is 18.4. The Morgan fingerprint density at radius 3 is 2.41 bits per heavy atom. The van der Waals surface area contributed by atoms with Gasteiger partial charge in [-0.15, -0.1) is 0 Å². The predicted molar refractivity (Wildman–Crippen MR) is 114 cm³/mol. The van der Waals surface area contributed by atoms with Crippen LogP contribution in [0, 0.1) is 6.92 Å². The molecule has 3 aromatic carbocycles. The Morgan fingerprint density at radius 2 is 1.69 bits per heavy atom. The first kappa shape index (κ1) is 19.2. The molecule has 1 aliphatic heterocycles. The van der Waals surface area contributed by atoms with Crippen LogP contribution >= 0.6 is 0 Å². The summed E-state index contributed by atoms with van der Waals surface area (Å²) in [4.78, 5) is 12.6. The maximum absolute atomic E-state index is 12.6. The van der Waals surface area contributed by atoms with Crippen LogP contribution in [0.4, 0.5) is 5.69 Å². The van der Waals surface area contributed by atoms with Crippen LogP contribution in [0.5, 0.6) is 5.75 Å². The smallest absolute Gasteiger partial charge is 0.242 e. The minimum Gasteiger partial charge on any atom is -0.489 e. The largest absolute Gasteiger partial charge is 0.489 e. The molecular formula is C24H25N3O2. The maximum Gasteiger partial charge on any atom is 0.242 e. The number of anilines is 1. The van der Waals surface area contributed by atoms with Gasteiger partial charge in [-0.2, -0.15) is 0 Å². The average molecular weight is 387 g/mol. The van der Waals surface area contributed by atoms with Gasteiger partial charge in [0.25, 0.3) is 0 Å². The summed E-state index contributed by atoms with van der Waals surface area (Å²) in [5.74, 6) is 0.719. The summed E-state index contributed by atoms with van der Waals surface area (Å²) >= 11 is 0. The predicted octanol–water partition coefficient (Wildman–Crippen LogP) is 4.12. The number of nitrogens with one attached hydrogen (secondary N) is 3. The zero-order chi connectivity index (χ0) is 20.1. The van der Waals surface area contributed by atoms with E-state index in [0.717, 1.165) is 17.0 Å². The number of hydrogen-bond acceptors (Lipinski definition) is 4. The number of hydrogen-bond donors (Lipinski definition) is 3. The molecule has 0 aliphatic carbocycles. The lowest BCUT2D eigenvalue weighted by Crippen LogP contribution is -2.39. The van der Waals surface area contributed by atoms with Crippen molar-refractivity contribution in [3.8, 4) is 5.75 Å². The minimum absolute atomic E-state index is 0.0509. The van der Waals surface area contributed by atoms with Crippen molar-refractivity contribution in [1.29, 1.82) is 0 Å². The first-order valence-corrected chi connectivity index (χ1v) is 9.83. The van der Waals surface area contributed by atoms with E-state index in [1.54, 1.807) is 0 Å². The van der Waals surface area contributed by atoms with Crippen LogP contribution in [-0.2, 0) is 11.4 Å². The second kappa shape index (κ2) is 8.90. The summed E-state index contributed by atoms with van der Waals surface area (Å²) in [6.45, 7) is 2.59. The van der Waals surface area contributed by atoms with Crippen LogP contribution in [0.15, 0.2) is 78.9 Å². The molecule has 0 aromatic heterocycles. The van der Waals surface area contributed by atoms with Crippen molar-refractivity contribution in [1.82, 2.24) is 10.9 Å². The van der Waals surface area contributed by atoms with E-state index in [2.05, 4.69) is 47.4 Å². The van der Waals surface area contributed by atoms with Crippen molar-refractivity contribution in [2.45, 2.75) is 32.0 Å². The van der Waals surface area contributed by atoms with Crippen molar-refractivity contribution in [3.05, 3.63) is 95.6 Å². The second-order valence-electron chi connectivity index (χ2n) is 7.33. The molecule has 0 bridgehead atoms. The van der Waals surface area contributed by atoms with E-state index in [1.165, 1.54) is 11.1 Å². The molecule has 0 radical (unpaired) electrons. The van der Waals surface area contributed by atoms with Crippen LogP contribution in [0.2, 0.25) is 0 Å². The molecule has 29 heavy (non-hydrogen) atoms. The van der Waals surface area contributed by atoms with E-state index >= 15 is 0 Å². The Kier molecular flexibility index (Phi) is 5.89. The van der Waals surface area contributed by atoms with Crippen molar-refractivity contribution in [3.63, 3.8) is 0 Å². The maximum atomic E-state index is 12.6. The van der Waals surface area contributed by atoms with Crippen LogP contribution < -0.4 is 20.9 Å². The quantitative estimate of drug-likeness (QED) is 0.595. The molecule has 1 amide bonds. The Hall–Kier alpha value is -3.15. The second-order valence-corrected chi connectivity index (χ2v) is 7.33. The zero-order valence-corrected chi connectivity index (χ0v) is 16.4. The number of aryl methyl sites for hydroxylation is 1. The zero-order valence-electron chi connectivity index (χ0n) is 16.4. The number of hydrazine groups is 1. The number of ether oxygens (including phenoxy) is 1. The SMILES string of the molecule is Cc1ccc(C2CC(C(=O)Nc3ccc(OCc4ccccc4)cc3)NN2)cc1. The summed E-state index contributed by atoms with van der Waals surface area (Å²) in [6, 6.07) is 25.7. The molecule has 0 saturated carbocycles. The van der Waals surface area contributed by atoms with E-state index in [-0.39, 0.29) is 18.0 Å². The van der Waals surface area contributed by atoms with Gasteiger partial charge >= 0.3 is 0 Å². The van der Waals surface area contributed by atoms with Crippen LogP contribution in [0.1, 0.15) is 29.2 Å². The number of benzene rings is 3. The molecule has 1 aliphatic rings. The molecule has 2 atom stereocenters. The number of carbonyl (C=O) groups excluding carboxylic acids is 1. The Labute approximate surface area is 171 Å². The van der Waals surface area contributed by atoms with Gasteiger partial charge in [0.05, 0.1) is 0 Å². The van der Waals surface area contributed by atoms with Gasteiger partial charge in [-0.25, -0.2) is 10.9 Å². The van der Waals surface area contributed by atoms with Crippen LogP contribution in [-0.4, -0.2) is 11.9 Å². The summed E-state index contributed by atoms with van der Waals surface area (Å²) < 4.78 is 5.79. The molecule has 2 unspecified atom stereocenters. The fraction of sp³-hybridized carbons (Fsp3) is 0.208. The molecule has 5 nitrogen and oxygen atoms in total. The lowest BCUT2D eigenvalue weighted by atomic mass is 10.0. The fourth-order valence-electron chi connectivity index (χ4n) is 3.35. The van der Waals surface area contributed by atoms with Gasteiger partial charge in [-0.3, -0.25) is 4.79 Å². The highest BCUT2D eigenvalue weighted by molar-refractivity contribution is 5.95. The third-order valence-corrected chi connectivity index (χ3v) is 5.07. The van der Waals surface area contributed by atoms with E-state index in [1.807, 2.05) is 54.6 Å². The molecule has 1 fully saturated rings. The van der Waals surface area contributed by atoms with Gasteiger partial charge in [0, 0.05) is 11.7 Å². The monoisotopic (exact) mass is 387 g/mol. The van der Waals surface area contributed by atoms with Gasteiger partial charge in [0.15, 0.2) is 0 Å². The molecule has 5 heteroatoms. The summed E-state index contributed by atoms with van der Waals surface area (Å²) in [5.41, 5.74) is 10.6. The van der Waals surface area contributed by atoms with Gasteiger partial charge in [0.1, 0.15) is 18.4 Å². The minimum atomic E-state index is -0.282. The lowest BCUT2D eigenvalue weighted by molar-refractivity contribution is -0.117. The first-order valence-electron chi connectivity index (χ1n) is 9.83. The molecule has 1 heterocycles. The topological polar surface area (TPSA) is 62.4 Å². The van der Waals surface area contributed by atoms with Gasteiger partial charge in [-0.1, -0.05) is 60.2 Å². The third-order valence-electron chi connectivity index (χ3n) is 5.07. The van der Waals surface area contributed by atoms with E-state index in [9.17, 15) is 4.79 Å². The van der Waals surface area contributed by atoms with Crippen molar-refractivity contribution in [2.24, 2.45) is 0 Å². The fourth-order valence-corrected chi connectivity index (χ4v) is 3.35. The molecule has 0 spiro atoms. The highest BCUT2D eigenvalue weighted by Gasteiger charge is 2.30. The van der Waals surface area contributed by atoms with Gasteiger partial charge in [-0.05, 0) is 48.7 Å². The number of amides is 1. The number of rotatable bonds is 6. The van der Waals surface area contributed by atoms with E-state index in [0.29, 0.717) is 13.0 Å².